The number of amides is 1. The van der Waals surface area contributed by atoms with E-state index in [1.807, 2.05) is 30.3 Å². The van der Waals surface area contributed by atoms with Gasteiger partial charge in [0.1, 0.15) is 5.78 Å². The van der Waals surface area contributed by atoms with Crippen LogP contribution in [0.3, 0.4) is 0 Å². The number of nitrogens with two attached hydrogens (primary N) is 1. The van der Waals surface area contributed by atoms with Crippen LogP contribution >= 0.6 is 0 Å². The highest BCUT2D eigenvalue weighted by molar-refractivity contribution is 5.92. The molecule has 0 aliphatic heterocycles. The number of unbranched alkanes of at least 4 members (excludes halogenated alkanes) is 3. The standard InChI is InChI=1S/C27H31N3O3/c1-19(31)8-4-2-3-5-12-25(33)30-23-15-13-20(14-16-23)26(28)24(32)18-22-10-6-9-21-11-7-17-29-27(21)22/h6-7,9-11,13-17,26H,2-5,8,12,18,28H2,1H3,(H,30,33). The second kappa shape index (κ2) is 12.0. The highest BCUT2D eigenvalue weighted by Crippen LogP contribution is 2.21. The van der Waals surface area contributed by atoms with Crippen LogP contribution < -0.4 is 11.1 Å². The molecule has 172 valence electrons. The van der Waals surface area contributed by atoms with Crippen LogP contribution in [0, 0.1) is 0 Å². The molecule has 1 aromatic heterocycles. The lowest BCUT2D eigenvalue weighted by Crippen LogP contribution is -2.23. The first-order chi connectivity index (χ1) is 15.9. The van der Waals surface area contributed by atoms with Gasteiger partial charge in [0.05, 0.1) is 11.6 Å². The average Bonchev–Trinajstić information content (AvgIpc) is 2.81. The van der Waals surface area contributed by atoms with Gasteiger partial charge in [-0.05, 0) is 49.1 Å². The predicted octanol–water partition coefficient (Wildman–Crippen LogP) is 4.91. The second-order valence-electron chi connectivity index (χ2n) is 8.40. The predicted molar refractivity (Wildman–Crippen MR) is 131 cm³/mol. The molecule has 0 saturated heterocycles. The van der Waals surface area contributed by atoms with Crippen molar-refractivity contribution in [1.29, 1.82) is 0 Å². The van der Waals surface area contributed by atoms with E-state index in [0.717, 1.165) is 42.1 Å². The Morgan fingerprint density at radius 1 is 0.909 bits per heavy atom. The summed E-state index contributed by atoms with van der Waals surface area (Å²) < 4.78 is 0. The number of nitrogens with one attached hydrogen (secondary N) is 1. The Balaban J connectivity index is 1.49. The molecule has 33 heavy (non-hydrogen) atoms. The van der Waals surface area contributed by atoms with Crippen molar-refractivity contribution in [3.05, 3.63) is 71.9 Å². The van der Waals surface area contributed by atoms with E-state index in [1.165, 1.54) is 0 Å². The summed E-state index contributed by atoms with van der Waals surface area (Å²) >= 11 is 0. The minimum atomic E-state index is -0.747. The Labute approximate surface area is 194 Å². The Hall–Kier alpha value is -3.38. The molecule has 0 aliphatic rings. The molecule has 0 fully saturated rings. The van der Waals surface area contributed by atoms with Gasteiger partial charge in [-0.2, -0.15) is 0 Å². The van der Waals surface area contributed by atoms with Crippen molar-refractivity contribution in [2.75, 3.05) is 5.32 Å². The lowest BCUT2D eigenvalue weighted by molar-refractivity contribution is -0.120. The molecule has 0 spiro atoms. The summed E-state index contributed by atoms with van der Waals surface area (Å²) in [6.45, 7) is 1.60. The highest BCUT2D eigenvalue weighted by Gasteiger charge is 2.18. The molecule has 2 aromatic carbocycles. The number of hydrogen-bond acceptors (Lipinski definition) is 5. The molecule has 0 saturated carbocycles. The summed E-state index contributed by atoms with van der Waals surface area (Å²) in [6.07, 6.45) is 6.56. The number of nitrogens with zero attached hydrogens (tertiary/aromatic N) is 1. The number of aromatic nitrogens is 1. The molecule has 1 heterocycles. The molecular formula is C27H31N3O3. The van der Waals surface area contributed by atoms with Crippen molar-refractivity contribution in [2.45, 2.75) is 57.9 Å². The van der Waals surface area contributed by atoms with Crippen molar-refractivity contribution in [2.24, 2.45) is 5.73 Å². The molecule has 1 atom stereocenters. The number of anilines is 1. The van der Waals surface area contributed by atoms with E-state index >= 15 is 0 Å². The summed E-state index contributed by atoms with van der Waals surface area (Å²) in [5.41, 5.74) is 9.29. The third kappa shape index (κ3) is 7.32. The Morgan fingerprint density at radius 2 is 1.61 bits per heavy atom. The van der Waals surface area contributed by atoms with E-state index in [-0.39, 0.29) is 23.9 Å². The van der Waals surface area contributed by atoms with Gasteiger partial charge < -0.3 is 15.8 Å². The molecule has 6 nitrogen and oxygen atoms in total. The summed E-state index contributed by atoms with van der Waals surface area (Å²) in [5, 5.41) is 3.87. The maximum absolute atomic E-state index is 12.8. The minimum absolute atomic E-state index is 0.0434. The van der Waals surface area contributed by atoms with Crippen LogP contribution in [0.4, 0.5) is 5.69 Å². The van der Waals surface area contributed by atoms with E-state index in [1.54, 1.807) is 37.4 Å². The first kappa shape index (κ1) is 24.3. The maximum atomic E-state index is 12.8. The fourth-order valence-corrected chi connectivity index (χ4v) is 3.80. The van der Waals surface area contributed by atoms with Crippen molar-refractivity contribution < 1.29 is 14.4 Å². The summed E-state index contributed by atoms with van der Waals surface area (Å²) in [4.78, 5) is 40.3. The third-order valence-corrected chi connectivity index (χ3v) is 5.66. The van der Waals surface area contributed by atoms with E-state index < -0.39 is 6.04 Å². The number of hydrogen-bond donors (Lipinski definition) is 2. The molecule has 1 amide bonds. The number of Topliss-reactive ketones (excluding diaryl/α,β-unsaturated/α-hetero) is 2. The van der Waals surface area contributed by atoms with Crippen LogP contribution in [0.15, 0.2) is 60.8 Å². The topological polar surface area (TPSA) is 102 Å². The van der Waals surface area contributed by atoms with Gasteiger partial charge in [0.15, 0.2) is 5.78 Å². The van der Waals surface area contributed by atoms with Crippen LogP contribution in [0.5, 0.6) is 0 Å². The van der Waals surface area contributed by atoms with E-state index in [9.17, 15) is 14.4 Å². The van der Waals surface area contributed by atoms with Crippen molar-refractivity contribution >= 4 is 34.1 Å². The normalized spacial score (nSPS) is 11.8. The Bertz CT molecular complexity index is 1100. The number of carbonyl (C=O) groups is 3. The lowest BCUT2D eigenvalue weighted by Gasteiger charge is -2.13. The molecule has 3 aromatic rings. The lowest BCUT2D eigenvalue weighted by atomic mass is 9.97. The fourth-order valence-electron chi connectivity index (χ4n) is 3.80. The quantitative estimate of drug-likeness (QED) is 0.386. The third-order valence-electron chi connectivity index (χ3n) is 5.66. The van der Waals surface area contributed by atoms with E-state index in [2.05, 4.69) is 10.3 Å². The molecule has 1 unspecified atom stereocenters. The zero-order valence-corrected chi connectivity index (χ0v) is 19.0. The van der Waals surface area contributed by atoms with E-state index in [0.29, 0.717) is 24.1 Å². The van der Waals surface area contributed by atoms with Crippen molar-refractivity contribution in [3.63, 3.8) is 0 Å². The van der Waals surface area contributed by atoms with Crippen molar-refractivity contribution in [1.82, 2.24) is 4.98 Å². The molecular weight excluding hydrogens is 414 g/mol. The second-order valence-corrected chi connectivity index (χ2v) is 8.40. The van der Waals surface area contributed by atoms with E-state index in [4.69, 9.17) is 5.73 Å². The van der Waals surface area contributed by atoms with Crippen LogP contribution in [-0.2, 0) is 20.8 Å². The Kier molecular flexibility index (Phi) is 8.84. The highest BCUT2D eigenvalue weighted by atomic mass is 16.1. The van der Waals surface area contributed by atoms with Gasteiger partial charge >= 0.3 is 0 Å². The number of rotatable bonds is 12. The number of pyridine rings is 1. The zero-order chi connectivity index (χ0) is 23.6. The molecule has 6 heteroatoms. The van der Waals surface area contributed by atoms with Gasteiger partial charge in [0.25, 0.3) is 0 Å². The smallest absolute Gasteiger partial charge is 0.224 e. The molecule has 0 bridgehead atoms. The summed E-state index contributed by atoms with van der Waals surface area (Å²) in [6, 6.07) is 16.0. The fraction of sp³-hybridized carbons (Fsp3) is 0.333. The Morgan fingerprint density at radius 3 is 2.33 bits per heavy atom. The van der Waals surface area contributed by atoms with Crippen LogP contribution in [0.25, 0.3) is 10.9 Å². The largest absolute Gasteiger partial charge is 0.326 e. The average molecular weight is 446 g/mol. The van der Waals surface area contributed by atoms with Gasteiger partial charge in [-0.15, -0.1) is 0 Å². The number of benzene rings is 2. The van der Waals surface area contributed by atoms with Crippen LogP contribution in [-0.4, -0.2) is 22.5 Å². The first-order valence-corrected chi connectivity index (χ1v) is 11.4. The summed E-state index contributed by atoms with van der Waals surface area (Å²) in [5.74, 6) is 0.0797. The van der Waals surface area contributed by atoms with Crippen LogP contribution in [0.1, 0.15) is 62.6 Å². The summed E-state index contributed by atoms with van der Waals surface area (Å²) in [7, 11) is 0. The SMILES string of the molecule is CC(=O)CCCCCCC(=O)Nc1ccc(C(N)C(=O)Cc2cccc3cccnc23)cc1. The van der Waals surface area contributed by atoms with Crippen LogP contribution in [0.2, 0.25) is 0 Å². The molecule has 3 N–H and O–H groups in total. The first-order valence-electron chi connectivity index (χ1n) is 11.4. The molecule has 0 radical (unpaired) electrons. The number of carbonyl (C=O) groups excluding carboxylic acids is 3. The number of para-hydroxylation sites is 1. The van der Waals surface area contributed by atoms with Gasteiger partial charge in [0.2, 0.25) is 5.91 Å². The van der Waals surface area contributed by atoms with Gasteiger partial charge in [-0.3, -0.25) is 14.6 Å². The van der Waals surface area contributed by atoms with Gasteiger partial charge in [-0.25, -0.2) is 0 Å². The number of fused-ring (bicyclic) bond motifs is 1. The minimum Gasteiger partial charge on any atom is -0.326 e. The number of ketones is 2. The maximum Gasteiger partial charge on any atom is 0.224 e. The van der Waals surface area contributed by atoms with Gasteiger partial charge in [0, 0.05) is 36.5 Å². The molecule has 3 rings (SSSR count). The van der Waals surface area contributed by atoms with Gasteiger partial charge in [-0.1, -0.05) is 49.2 Å². The monoisotopic (exact) mass is 445 g/mol. The zero-order valence-electron chi connectivity index (χ0n) is 19.0. The van der Waals surface area contributed by atoms with Crippen molar-refractivity contribution in [3.8, 4) is 0 Å². The molecule has 0 aliphatic carbocycles.